The van der Waals surface area contributed by atoms with Crippen LogP contribution in [0.1, 0.15) is 22.6 Å². The van der Waals surface area contributed by atoms with Gasteiger partial charge in [-0.3, -0.25) is 0 Å². The largest absolute Gasteiger partial charge is 0.493 e. The first-order valence-electron chi connectivity index (χ1n) is 10.4. The van der Waals surface area contributed by atoms with Crippen LogP contribution >= 0.6 is 0 Å². The van der Waals surface area contributed by atoms with Crippen LogP contribution in [0.15, 0.2) is 24.3 Å². The monoisotopic (exact) mass is 430 g/mol. The molecule has 1 aliphatic carbocycles. The van der Waals surface area contributed by atoms with Gasteiger partial charge in [0.1, 0.15) is 0 Å². The lowest BCUT2D eigenvalue weighted by Crippen LogP contribution is -2.36. The van der Waals surface area contributed by atoms with E-state index in [1.54, 1.807) is 35.5 Å². The van der Waals surface area contributed by atoms with Crippen molar-refractivity contribution in [2.45, 2.75) is 12.3 Å². The summed E-state index contributed by atoms with van der Waals surface area (Å²) in [6.45, 7) is 1.41. The van der Waals surface area contributed by atoms with Gasteiger partial charge in [-0.05, 0) is 47.6 Å². The van der Waals surface area contributed by atoms with Crippen molar-refractivity contribution in [3.8, 4) is 28.7 Å². The van der Waals surface area contributed by atoms with E-state index < -0.39 is 0 Å². The summed E-state index contributed by atoms with van der Waals surface area (Å²) < 4.78 is 39.7. The van der Waals surface area contributed by atoms with Gasteiger partial charge in [-0.15, -0.1) is 0 Å². The number of rotatable bonds is 8. The summed E-state index contributed by atoms with van der Waals surface area (Å²) in [5, 5.41) is 0. The van der Waals surface area contributed by atoms with E-state index in [9.17, 15) is 0 Å². The Labute approximate surface area is 183 Å². The number of hydrogen-bond donors (Lipinski definition) is 0. The highest BCUT2D eigenvalue weighted by atomic mass is 16.7. The van der Waals surface area contributed by atoms with Crippen molar-refractivity contribution < 1.29 is 33.2 Å². The van der Waals surface area contributed by atoms with Crippen molar-refractivity contribution in [3.63, 3.8) is 0 Å². The Morgan fingerprint density at radius 1 is 0.871 bits per heavy atom. The Kier molecular flexibility index (Phi) is 6.43. The van der Waals surface area contributed by atoms with E-state index in [-0.39, 0.29) is 24.5 Å². The summed E-state index contributed by atoms with van der Waals surface area (Å²) in [7, 11) is 8.44. The topological polar surface area (TPSA) is 64.6 Å². The second kappa shape index (κ2) is 9.24. The maximum Gasteiger partial charge on any atom is 0.231 e. The molecule has 1 heterocycles. The number of benzene rings is 2. The Hall–Kier alpha value is -2.64. The van der Waals surface area contributed by atoms with Gasteiger partial charge in [0.15, 0.2) is 23.0 Å². The van der Waals surface area contributed by atoms with Crippen molar-refractivity contribution in [2.24, 2.45) is 11.8 Å². The Balaban J connectivity index is 1.94. The molecule has 2 aromatic rings. The zero-order valence-electron chi connectivity index (χ0n) is 18.7. The predicted molar refractivity (Wildman–Crippen MR) is 115 cm³/mol. The second-order valence-corrected chi connectivity index (χ2v) is 7.85. The summed E-state index contributed by atoms with van der Waals surface area (Å²) in [6.07, 6.45) is 0.841. The SMILES string of the molecule is COC[C@H]1Cc2cc3c(c(OC)c2[C@H](c2ccc(OC)c(OC)c2)[C@@H]1COC)OCO3. The van der Waals surface area contributed by atoms with E-state index in [4.69, 9.17) is 33.2 Å². The van der Waals surface area contributed by atoms with Crippen LogP contribution in [0.3, 0.4) is 0 Å². The minimum atomic E-state index is -0.00638. The van der Waals surface area contributed by atoms with E-state index in [1.165, 1.54) is 5.56 Å². The Morgan fingerprint density at radius 2 is 1.65 bits per heavy atom. The lowest BCUT2D eigenvalue weighted by atomic mass is 9.66. The molecule has 0 saturated carbocycles. The minimum absolute atomic E-state index is 0.00638. The number of fused-ring (bicyclic) bond motifs is 2. The molecule has 1 aliphatic heterocycles. The molecule has 7 heteroatoms. The van der Waals surface area contributed by atoms with Gasteiger partial charge in [0, 0.05) is 32.3 Å². The molecule has 4 rings (SSSR count). The van der Waals surface area contributed by atoms with Gasteiger partial charge in [-0.1, -0.05) is 6.07 Å². The molecule has 0 N–H and O–H groups in total. The summed E-state index contributed by atoms with van der Waals surface area (Å²) in [6, 6.07) is 8.14. The highest BCUT2D eigenvalue weighted by Crippen LogP contribution is 2.55. The van der Waals surface area contributed by atoms with Gasteiger partial charge in [-0.2, -0.15) is 0 Å². The fourth-order valence-electron chi connectivity index (χ4n) is 4.99. The molecule has 0 aromatic heterocycles. The fourth-order valence-corrected chi connectivity index (χ4v) is 4.99. The van der Waals surface area contributed by atoms with Crippen LogP contribution in [-0.4, -0.2) is 55.6 Å². The Bertz CT molecular complexity index is 927. The van der Waals surface area contributed by atoms with Crippen molar-refractivity contribution in [2.75, 3.05) is 55.6 Å². The number of hydrogen-bond acceptors (Lipinski definition) is 7. The molecule has 0 bridgehead atoms. The molecule has 0 spiro atoms. The number of ether oxygens (including phenoxy) is 7. The van der Waals surface area contributed by atoms with Crippen LogP contribution in [0.5, 0.6) is 28.7 Å². The maximum absolute atomic E-state index is 5.90. The van der Waals surface area contributed by atoms with E-state index in [0.29, 0.717) is 30.5 Å². The molecule has 0 amide bonds. The van der Waals surface area contributed by atoms with Crippen molar-refractivity contribution >= 4 is 0 Å². The molecular weight excluding hydrogens is 400 g/mol. The molecule has 2 aliphatic rings. The van der Waals surface area contributed by atoms with Gasteiger partial charge < -0.3 is 33.2 Å². The van der Waals surface area contributed by atoms with E-state index >= 15 is 0 Å². The molecule has 31 heavy (non-hydrogen) atoms. The van der Waals surface area contributed by atoms with Crippen LogP contribution in [0.2, 0.25) is 0 Å². The van der Waals surface area contributed by atoms with Crippen molar-refractivity contribution in [1.82, 2.24) is 0 Å². The summed E-state index contributed by atoms with van der Waals surface area (Å²) >= 11 is 0. The lowest BCUT2D eigenvalue weighted by Gasteiger charge is -2.40. The predicted octanol–water partition coefficient (Wildman–Crippen LogP) is 3.65. The molecule has 7 nitrogen and oxygen atoms in total. The first kappa shape index (κ1) is 21.6. The molecule has 2 aromatic carbocycles. The standard InChI is InChI=1S/C24H30O7/c1-25-11-16-8-15-10-20-23(31-13-30-20)24(29-5)22(15)21(17(16)12-26-2)14-6-7-18(27-3)19(9-14)28-4/h6-7,9-10,16-17,21H,8,11-13H2,1-5H3/t16-,17-,21-/m1/s1. The van der Waals surface area contributed by atoms with Crippen molar-refractivity contribution in [1.29, 1.82) is 0 Å². The third-order valence-electron chi connectivity index (χ3n) is 6.28. The molecule has 0 fully saturated rings. The highest BCUT2D eigenvalue weighted by Gasteiger charge is 2.42. The van der Waals surface area contributed by atoms with E-state index in [2.05, 4.69) is 12.1 Å². The second-order valence-electron chi connectivity index (χ2n) is 7.85. The van der Waals surface area contributed by atoms with E-state index in [0.717, 1.165) is 29.0 Å². The smallest absolute Gasteiger partial charge is 0.231 e. The van der Waals surface area contributed by atoms with E-state index in [1.807, 2.05) is 12.1 Å². The zero-order valence-corrected chi connectivity index (χ0v) is 18.7. The van der Waals surface area contributed by atoms with Gasteiger partial charge in [-0.25, -0.2) is 0 Å². The summed E-state index contributed by atoms with van der Waals surface area (Å²) in [5.41, 5.74) is 3.38. The third-order valence-corrected chi connectivity index (χ3v) is 6.28. The van der Waals surface area contributed by atoms with Crippen LogP contribution in [-0.2, 0) is 15.9 Å². The molecule has 0 radical (unpaired) electrons. The zero-order chi connectivity index (χ0) is 22.0. The maximum atomic E-state index is 5.90. The third kappa shape index (κ3) is 3.77. The normalized spacial score (nSPS) is 21.5. The van der Waals surface area contributed by atoms with Gasteiger partial charge in [0.2, 0.25) is 12.5 Å². The summed E-state index contributed by atoms with van der Waals surface area (Å²) in [5.74, 6) is 3.92. The highest BCUT2D eigenvalue weighted by molar-refractivity contribution is 5.64. The Morgan fingerprint density at radius 3 is 2.32 bits per heavy atom. The van der Waals surface area contributed by atoms with Crippen LogP contribution < -0.4 is 23.7 Å². The number of methoxy groups -OCH3 is 5. The molecule has 168 valence electrons. The van der Waals surface area contributed by atoms with Gasteiger partial charge in [0.05, 0.1) is 27.9 Å². The lowest BCUT2D eigenvalue weighted by molar-refractivity contribution is 0.0560. The first-order valence-corrected chi connectivity index (χ1v) is 10.4. The van der Waals surface area contributed by atoms with Gasteiger partial charge >= 0.3 is 0 Å². The molecule has 0 unspecified atom stereocenters. The average molecular weight is 430 g/mol. The molecule has 3 atom stereocenters. The minimum Gasteiger partial charge on any atom is -0.493 e. The molecule has 0 saturated heterocycles. The first-order chi connectivity index (χ1) is 15.2. The average Bonchev–Trinajstić information content (AvgIpc) is 3.26. The van der Waals surface area contributed by atoms with Crippen LogP contribution in [0.25, 0.3) is 0 Å². The van der Waals surface area contributed by atoms with Crippen molar-refractivity contribution in [3.05, 3.63) is 41.0 Å². The fraction of sp³-hybridized carbons (Fsp3) is 0.500. The van der Waals surface area contributed by atoms with Gasteiger partial charge in [0.25, 0.3) is 0 Å². The summed E-state index contributed by atoms with van der Waals surface area (Å²) in [4.78, 5) is 0. The molecular formula is C24H30O7. The quantitative estimate of drug-likeness (QED) is 0.633. The van der Waals surface area contributed by atoms with Crippen LogP contribution in [0.4, 0.5) is 0 Å². The van der Waals surface area contributed by atoms with Crippen LogP contribution in [0, 0.1) is 11.8 Å².